The van der Waals surface area contributed by atoms with Gasteiger partial charge in [0.2, 0.25) is 5.91 Å². The van der Waals surface area contributed by atoms with Gasteiger partial charge >= 0.3 is 5.97 Å². The van der Waals surface area contributed by atoms with Gasteiger partial charge in [-0.25, -0.2) is 4.79 Å². The van der Waals surface area contributed by atoms with Crippen molar-refractivity contribution in [2.75, 3.05) is 32.8 Å². The van der Waals surface area contributed by atoms with Crippen LogP contribution in [0.5, 0.6) is 0 Å². The van der Waals surface area contributed by atoms with E-state index in [1.807, 2.05) is 12.1 Å². The Balaban J connectivity index is 1.78. The van der Waals surface area contributed by atoms with Gasteiger partial charge in [-0.3, -0.25) is 9.69 Å². The molecule has 0 bridgehead atoms. The van der Waals surface area contributed by atoms with Crippen molar-refractivity contribution in [1.82, 2.24) is 10.2 Å². The summed E-state index contributed by atoms with van der Waals surface area (Å²) in [5.41, 5.74) is 1.44. The van der Waals surface area contributed by atoms with Crippen LogP contribution in [0.25, 0.3) is 0 Å². The number of carbonyl (C=O) groups is 2. The number of esters is 1. The van der Waals surface area contributed by atoms with Crippen molar-refractivity contribution in [2.24, 2.45) is 5.92 Å². The van der Waals surface area contributed by atoms with Gasteiger partial charge in [0.05, 0.1) is 12.2 Å². The molecule has 0 aromatic heterocycles. The maximum atomic E-state index is 12.2. The van der Waals surface area contributed by atoms with Gasteiger partial charge in [0, 0.05) is 33.1 Å². The van der Waals surface area contributed by atoms with E-state index >= 15 is 0 Å². The van der Waals surface area contributed by atoms with E-state index in [4.69, 9.17) is 9.47 Å². The zero-order valence-corrected chi connectivity index (χ0v) is 15.3. The number of rotatable bonds is 7. The number of morpholine rings is 1. The van der Waals surface area contributed by atoms with E-state index < -0.39 is 0 Å². The molecule has 0 aliphatic carbocycles. The van der Waals surface area contributed by atoms with Crippen molar-refractivity contribution < 1.29 is 19.1 Å². The second-order valence-electron chi connectivity index (χ2n) is 6.85. The Hall–Kier alpha value is -1.92. The van der Waals surface area contributed by atoms with E-state index in [0.717, 1.165) is 25.2 Å². The highest BCUT2D eigenvalue weighted by atomic mass is 16.6. The van der Waals surface area contributed by atoms with Crippen LogP contribution < -0.4 is 5.32 Å². The van der Waals surface area contributed by atoms with Gasteiger partial charge in [0.1, 0.15) is 12.7 Å². The summed E-state index contributed by atoms with van der Waals surface area (Å²) < 4.78 is 11.1. The van der Waals surface area contributed by atoms with E-state index in [1.54, 1.807) is 12.1 Å². The lowest BCUT2D eigenvalue weighted by Crippen LogP contribution is -2.45. The summed E-state index contributed by atoms with van der Waals surface area (Å²) in [6.45, 7) is 10.0. The highest BCUT2D eigenvalue weighted by Crippen LogP contribution is 2.10. The van der Waals surface area contributed by atoms with Gasteiger partial charge < -0.3 is 14.8 Å². The van der Waals surface area contributed by atoms with Gasteiger partial charge in [-0.2, -0.15) is 0 Å². The first kappa shape index (κ1) is 19.4. The predicted octanol–water partition coefficient (Wildman–Crippen LogP) is 1.84. The molecule has 1 aliphatic rings. The molecule has 1 N–H and O–H groups in total. The van der Waals surface area contributed by atoms with Crippen LogP contribution >= 0.6 is 0 Å². The van der Waals surface area contributed by atoms with E-state index in [9.17, 15) is 9.59 Å². The van der Waals surface area contributed by atoms with Crippen LogP contribution in [0.1, 0.15) is 36.7 Å². The van der Waals surface area contributed by atoms with Crippen LogP contribution in [-0.2, 0) is 20.8 Å². The molecular weight excluding hydrogens is 320 g/mol. The van der Waals surface area contributed by atoms with Crippen molar-refractivity contribution in [3.8, 4) is 0 Å². The minimum atomic E-state index is -0.351. The molecule has 1 unspecified atom stereocenters. The molecule has 2 rings (SSSR count). The zero-order chi connectivity index (χ0) is 18.2. The fourth-order valence-electron chi connectivity index (χ4n) is 2.80. The molecule has 1 aliphatic heterocycles. The zero-order valence-electron chi connectivity index (χ0n) is 15.3. The molecule has 0 radical (unpaired) electrons. The molecule has 1 atom stereocenters. The lowest BCUT2D eigenvalue weighted by atomic mass is 10.1. The Morgan fingerprint density at radius 3 is 2.68 bits per heavy atom. The largest absolute Gasteiger partial charge is 0.459 e. The first-order valence-electron chi connectivity index (χ1n) is 8.78. The maximum absolute atomic E-state index is 12.2. The maximum Gasteiger partial charge on any atom is 0.338 e. The standard InChI is InChI=1S/C19H28N2O4/c1-14(2)11-21-8-9-24-18(12-21)13-25-19(23)17-6-4-16(5-7-17)10-20-15(3)22/h4-7,14,18H,8-13H2,1-3H3,(H,20,22). The summed E-state index contributed by atoms with van der Waals surface area (Å²) in [6, 6.07) is 7.06. The molecule has 1 saturated heterocycles. The summed E-state index contributed by atoms with van der Waals surface area (Å²) in [5, 5.41) is 2.72. The quantitative estimate of drug-likeness (QED) is 0.762. The molecule has 0 spiro atoms. The molecular formula is C19H28N2O4. The van der Waals surface area contributed by atoms with Crippen molar-refractivity contribution in [1.29, 1.82) is 0 Å². The number of nitrogens with one attached hydrogen (secondary N) is 1. The molecule has 1 aromatic rings. The molecule has 1 heterocycles. The molecule has 0 saturated carbocycles. The number of nitrogens with zero attached hydrogens (tertiary/aromatic N) is 1. The summed E-state index contributed by atoms with van der Waals surface area (Å²) in [7, 11) is 0. The normalized spacial score (nSPS) is 18.2. The Kier molecular flexibility index (Phi) is 7.40. The van der Waals surface area contributed by atoms with Crippen molar-refractivity contribution in [3.05, 3.63) is 35.4 Å². The summed E-state index contributed by atoms with van der Waals surface area (Å²) in [6.07, 6.45) is -0.0736. The lowest BCUT2D eigenvalue weighted by Gasteiger charge is -2.33. The first-order chi connectivity index (χ1) is 11.9. The minimum Gasteiger partial charge on any atom is -0.459 e. The molecule has 1 amide bonds. The third-order valence-electron chi connectivity index (χ3n) is 3.98. The number of amides is 1. The van der Waals surface area contributed by atoms with E-state index in [1.165, 1.54) is 6.92 Å². The molecule has 6 nitrogen and oxygen atoms in total. The summed E-state index contributed by atoms with van der Waals surface area (Å²) in [5.74, 6) is 0.176. The number of benzene rings is 1. The first-order valence-corrected chi connectivity index (χ1v) is 8.78. The third-order valence-corrected chi connectivity index (χ3v) is 3.98. The van der Waals surface area contributed by atoms with Crippen molar-refractivity contribution >= 4 is 11.9 Å². The third kappa shape index (κ3) is 6.84. The van der Waals surface area contributed by atoms with E-state index in [0.29, 0.717) is 24.6 Å². The van der Waals surface area contributed by atoms with E-state index in [-0.39, 0.29) is 24.6 Å². The van der Waals surface area contributed by atoms with Gasteiger partial charge in [-0.15, -0.1) is 0 Å². The summed E-state index contributed by atoms with van der Waals surface area (Å²) in [4.78, 5) is 25.4. The van der Waals surface area contributed by atoms with Crippen LogP contribution in [0, 0.1) is 5.92 Å². The van der Waals surface area contributed by atoms with Gasteiger partial charge in [-0.05, 0) is 23.6 Å². The minimum absolute atomic E-state index is 0.0736. The number of carbonyl (C=O) groups excluding carboxylic acids is 2. The smallest absolute Gasteiger partial charge is 0.338 e. The van der Waals surface area contributed by atoms with Gasteiger partial charge in [0.25, 0.3) is 0 Å². The highest BCUT2D eigenvalue weighted by molar-refractivity contribution is 5.89. The van der Waals surface area contributed by atoms with Crippen molar-refractivity contribution in [3.63, 3.8) is 0 Å². The summed E-state index contributed by atoms with van der Waals surface area (Å²) >= 11 is 0. The Morgan fingerprint density at radius 1 is 1.32 bits per heavy atom. The lowest BCUT2D eigenvalue weighted by molar-refractivity contribution is -0.119. The molecule has 1 aromatic carbocycles. The second-order valence-corrected chi connectivity index (χ2v) is 6.85. The average Bonchev–Trinajstić information content (AvgIpc) is 2.58. The van der Waals surface area contributed by atoms with Crippen LogP contribution in [0.3, 0.4) is 0 Å². The average molecular weight is 348 g/mol. The van der Waals surface area contributed by atoms with Gasteiger partial charge in [-0.1, -0.05) is 26.0 Å². The Labute approximate surface area is 149 Å². The molecule has 1 fully saturated rings. The Bertz CT molecular complexity index is 571. The Morgan fingerprint density at radius 2 is 2.04 bits per heavy atom. The monoisotopic (exact) mass is 348 g/mol. The number of hydrogen-bond donors (Lipinski definition) is 1. The van der Waals surface area contributed by atoms with Crippen LogP contribution in [0.4, 0.5) is 0 Å². The fourth-order valence-corrected chi connectivity index (χ4v) is 2.80. The predicted molar refractivity (Wildman–Crippen MR) is 95.3 cm³/mol. The van der Waals surface area contributed by atoms with Crippen LogP contribution in [-0.4, -0.2) is 55.7 Å². The fraction of sp³-hybridized carbons (Fsp3) is 0.579. The van der Waals surface area contributed by atoms with Gasteiger partial charge in [0.15, 0.2) is 0 Å². The van der Waals surface area contributed by atoms with Crippen LogP contribution in [0.2, 0.25) is 0 Å². The molecule has 138 valence electrons. The second kappa shape index (κ2) is 9.53. The number of ether oxygens (including phenoxy) is 2. The van der Waals surface area contributed by atoms with E-state index in [2.05, 4.69) is 24.1 Å². The van der Waals surface area contributed by atoms with Crippen LogP contribution in [0.15, 0.2) is 24.3 Å². The molecule has 25 heavy (non-hydrogen) atoms. The topological polar surface area (TPSA) is 67.9 Å². The highest BCUT2D eigenvalue weighted by Gasteiger charge is 2.22. The SMILES string of the molecule is CC(=O)NCc1ccc(C(=O)OCC2CN(CC(C)C)CCO2)cc1. The van der Waals surface area contributed by atoms with Crippen molar-refractivity contribution in [2.45, 2.75) is 33.4 Å². The molecule has 6 heteroatoms. The number of hydrogen-bond acceptors (Lipinski definition) is 5.